The van der Waals surface area contributed by atoms with Gasteiger partial charge in [0.2, 0.25) is 0 Å². The SMILES string of the molecule is CCN(CC)CC(C)(C)c1ccccc1Br. The molecule has 0 atom stereocenters. The van der Waals surface area contributed by atoms with Gasteiger partial charge in [-0.2, -0.15) is 0 Å². The van der Waals surface area contributed by atoms with Crippen LogP contribution in [0.3, 0.4) is 0 Å². The van der Waals surface area contributed by atoms with Gasteiger partial charge < -0.3 is 4.90 Å². The quantitative estimate of drug-likeness (QED) is 0.788. The molecule has 0 radical (unpaired) electrons. The number of likely N-dealkylation sites (N-methyl/N-ethyl adjacent to an activating group) is 1. The van der Waals surface area contributed by atoms with Crippen molar-refractivity contribution in [2.45, 2.75) is 33.1 Å². The molecular formula is C14H22BrN. The van der Waals surface area contributed by atoms with E-state index in [1.807, 2.05) is 0 Å². The monoisotopic (exact) mass is 283 g/mol. The molecule has 0 saturated heterocycles. The summed E-state index contributed by atoms with van der Waals surface area (Å²) in [5.74, 6) is 0. The molecular weight excluding hydrogens is 262 g/mol. The van der Waals surface area contributed by atoms with Crippen molar-refractivity contribution in [1.29, 1.82) is 0 Å². The van der Waals surface area contributed by atoms with Crippen LogP contribution in [0.15, 0.2) is 28.7 Å². The fraction of sp³-hybridized carbons (Fsp3) is 0.571. The van der Waals surface area contributed by atoms with E-state index in [-0.39, 0.29) is 5.41 Å². The molecule has 0 fully saturated rings. The molecule has 90 valence electrons. The minimum absolute atomic E-state index is 0.187. The molecule has 1 nitrogen and oxygen atoms in total. The smallest absolute Gasteiger partial charge is 0.0213 e. The molecule has 1 aromatic rings. The molecule has 0 saturated carbocycles. The second-order valence-corrected chi connectivity index (χ2v) is 5.68. The van der Waals surface area contributed by atoms with Gasteiger partial charge in [-0.25, -0.2) is 0 Å². The molecule has 0 bridgehead atoms. The van der Waals surface area contributed by atoms with Crippen molar-refractivity contribution in [3.63, 3.8) is 0 Å². The third-order valence-electron chi connectivity index (χ3n) is 3.12. The number of rotatable bonds is 5. The molecule has 0 spiro atoms. The maximum atomic E-state index is 3.65. The van der Waals surface area contributed by atoms with E-state index < -0.39 is 0 Å². The van der Waals surface area contributed by atoms with E-state index in [4.69, 9.17) is 0 Å². The summed E-state index contributed by atoms with van der Waals surface area (Å²) in [6.07, 6.45) is 0. The first-order valence-corrected chi connectivity index (χ1v) is 6.78. The lowest BCUT2D eigenvalue weighted by molar-refractivity contribution is 0.244. The zero-order valence-corrected chi connectivity index (χ0v) is 12.3. The van der Waals surface area contributed by atoms with Crippen LogP contribution in [0.4, 0.5) is 0 Å². The van der Waals surface area contributed by atoms with Crippen molar-refractivity contribution in [3.05, 3.63) is 34.3 Å². The Labute approximate surface area is 108 Å². The van der Waals surface area contributed by atoms with Crippen LogP contribution in [0, 0.1) is 0 Å². The molecule has 1 aromatic carbocycles. The highest BCUT2D eigenvalue weighted by molar-refractivity contribution is 9.10. The Morgan fingerprint density at radius 2 is 1.69 bits per heavy atom. The van der Waals surface area contributed by atoms with Crippen LogP contribution in [0.2, 0.25) is 0 Å². The predicted molar refractivity (Wildman–Crippen MR) is 75.0 cm³/mol. The van der Waals surface area contributed by atoms with E-state index in [1.165, 1.54) is 10.0 Å². The summed E-state index contributed by atoms with van der Waals surface area (Å²) < 4.78 is 1.21. The molecule has 0 aliphatic carbocycles. The second-order valence-electron chi connectivity index (χ2n) is 4.83. The molecule has 16 heavy (non-hydrogen) atoms. The number of benzene rings is 1. The summed E-state index contributed by atoms with van der Waals surface area (Å²) in [6, 6.07) is 8.53. The molecule has 2 heteroatoms. The Morgan fingerprint density at radius 1 is 1.12 bits per heavy atom. The third-order valence-corrected chi connectivity index (χ3v) is 3.81. The summed E-state index contributed by atoms with van der Waals surface area (Å²) in [5, 5.41) is 0. The van der Waals surface area contributed by atoms with Crippen molar-refractivity contribution in [2.24, 2.45) is 0 Å². The number of halogens is 1. The highest BCUT2D eigenvalue weighted by Gasteiger charge is 2.24. The molecule has 1 rings (SSSR count). The van der Waals surface area contributed by atoms with Gasteiger partial charge in [0.1, 0.15) is 0 Å². The van der Waals surface area contributed by atoms with Crippen molar-refractivity contribution < 1.29 is 0 Å². The van der Waals surface area contributed by atoms with E-state index >= 15 is 0 Å². The van der Waals surface area contributed by atoms with Gasteiger partial charge in [0, 0.05) is 16.4 Å². The Balaban J connectivity index is 2.89. The van der Waals surface area contributed by atoms with Crippen LogP contribution in [-0.4, -0.2) is 24.5 Å². The van der Waals surface area contributed by atoms with E-state index in [9.17, 15) is 0 Å². The van der Waals surface area contributed by atoms with E-state index in [2.05, 4.69) is 72.8 Å². The first-order valence-electron chi connectivity index (χ1n) is 5.98. The van der Waals surface area contributed by atoms with Gasteiger partial charge >= 0.3 is 0 Å². The van der Waals surface area contributed by atoms with Crippen LogP contribution in [-0.2, 0) is 5.41 Å². The fourth-order valence-corrected chi connectivity index (χ4v) is 2.92. The lowest BCUT2D eigenvalue weighted by Crippen LogP contribution is -2.37. The molecule has 0 unspecified atom stereocenters. The van der Waals surface area contributed by atoms with Gasteiger partial charge in [0.15, 0.2) is 0 Å². The third kappa shape index (κ3) is 3.33. The van der Waals surface area contributed by atoms with Crippen LogP contribution >= 0.6 is 15.9 Å². The van der Waals surface area contributed by atoms with Gasteiger partial charge in [-0.3, -0.25) is 0 Å². The fourth-order valence-electron chi connectivity index (χ4n) is 2.10. The topological polar surface area (TPSA) is 3.24 Å². The largest absolute Gasteiger partial charge is 0.303 e. The normalized spacial score (nSPS) is 12.1. The maximum absolute atomic E-state index is 3.65. The highest BCUT2D eigenvalue weighted by atomic mass is 79.9. The number of hydrogen-bond donors (Lipinski definition) is 0. The Kier molecular flexibility index (Phi) is 5.00. The Bertz CT molecular complexity index is 329. The van der Waals surface area contributed by atoms with E-state index in [0.717, 1.165) is 19.6 Å². The minimum atomic E-state index is 0.187. The van der Waals surface area contributed by atoms with E-state index in [1.54, 1.807) is 0 Å². The lowest BCUT2D eigenvalue weighted by atomic mass is 9.84. The number of hydrogen-bond acceptors (Lipinski definition) is 1. The van der Waals surface area contributed by atoms with Gasteiger partial charge in [-0.05, 0) is 24.7 Å². The molecule has 0 aliphatic heterocycles. The Morgan fingerprint density at radius 3 is 2.19 bits per heavy atom. The van der Waals surface area contributed by atoms with Crippen LogP contribution in [0.25, 0.3) is 0 Å². The van der Waals surface area contributed by atoms with Gasteiger partial charge in [0.05, 0.1) is 0 Å². The maximum Gasteiger partial charge on any atom is 0.0213 e. The summed E-state index contributed by atoms with van der Waals surface area (Å²) in [7, 11) is 0. The van der Waals surface area contributed by atoms with Crippen LogP contribution in [0.1, 0.15) is 33.3 Å². The number of nitrogens with zero attached hydrogens (tertiary/aromatic N) is 1. The average Bonchev–Trinajstić information content (AvgIpc) is 2.26. The molecule has 0 aromatic heterocycles. The highest BCUT2D eigenvalue weighted by Crippen LogP contribution is 2.30. The summed E-state index contributed by atoms with van der Waals surface area (Å²) in [5.41, 5.74) is 1.58. The summed E-state index contributed by atoms with van der Waals surface area (Å²) in [6.45, 7) is 12.4. The zero-order valence-electron chi connectivity index (χ0n) is 10.8. The lowest BCUT2D eigenvalue weighted by Gasteiger charge is -2.32. The standard InChI is InChI=1S/C14H22BrN/c1-5-16(6-2)11-14(3,4)12-9-7-8-10-13(12)15/h7-10H,5-6,11H2,1-4H3. The van der Waals surface area contributed by atoms with Gasteiger partial charge in [-0.15, -0.1) is 0 Å². The van der Waals surface area contributed by atoms with E-state index in [0.29, 0.717) is 0 Å². The van der Waals surface area contributed by atoms with Gasteiger partial charge in [0.25, 0.3) is 0 Å². The molecule has 0 heterocycles. The van der Waals surface area contributed by atoms with Crippen molar-refractivity contribution >= 4 is 15.9 Å². The Hall–Kier alpha value is -0.340. The molecule has 0 N–H and O–H groups in total. The molecule has 0 amide bonds. The first-order chi connectivity index (χ1) is 7.51. The van der Waals surface area contributed by atoms with Crippen molar-refractivity contribution in [1.82, 2.24) is 4.90 Å². The summed E-state index contributed by atoms with van der Waals surface area (Å²) >= 11 is 3.65. The first kappa shape index (κ1) is 13.7. The van der Waals surface area contributed by atoms with Crippen molar-refractivity contribution in [3.8, 4) is 0 Å². The van der Waals surface area contributed by atoms with Gasteiger partial charge in [-0.1, -0.05) is 61.8 Å². The van der Waals surface area contributed by atoms with Crippen LogP contribution < -0.4 is 0 Å². The zero-order chi connectivity index (χ0) is 12.2. The van der Waals surface area contributed by atoms with Crippen LogP contribution in [0.5, 0.6) is 0 Å². The predicted octanol–water partition coefficient (Wildman–Crippen LogP) is 4.07. The molecule has 0 aliphatic rings. The van der Waals surface area contributed by atoms with Crippen molar-refractivity contribution in [2.75, 3.05) is 19.6 Å². The minimum Gasteiger partial charge on any atom is -0.303 e. The summed E-state index contributed by atoms with van der Waals surface area (Å²) in [4.78, 5) is 2.47. The second kappa shape index (κ2) is 5.83. The average molecular weight is 284 g/mol.